The molecule has 2 heterocycles. The van der Waals surface area contributed by atoms with Gasteiger partial charge in [-0.15, -0.1) is 11.3 Å². The first kappa shape index (κ1) is 17.4. The lowest BCUT2D eigenvalue weighted by Gasteiger charge is -2.21. The zero-order chi connectivity index (χ0) is 17.8. The van der Waals surface area contributed by atoms with Crippen molar-refractivity contribution in [2.24, 2.45) is 0 Å². The van der Waals surface area contributed by atoms with E-state index in [1.54, 1.807) is 18.1 Å². The van der Waals surface area contributed by atoms with Crippen molar-refractivity contribution in [3.8, 4) is 0 Å². The Morgan fingerprint density at radius 2 is 2.12 bits per heavy atom. The molecule has 0 aliphatic heterocycles. The van der Waals surface area contributed by atoms with Crippen LogP contribution in [0.2, 0.25) is 0 Å². The number of methoxy groups -OCH3 is 1. The van der Waals surface area contributed by atoms with Gasteiger partial charge in [0.15, 0.2) is 0 Å². The van der Waals surface area contributed by atoms with E-state index in [9.17, 15) is 9.59 Å². The van der Waals surface area contributed by atoms with E-state index < -0.39 is 0 Å². The number of nitrogens with zero attached hydrogens (tertiary/aromatic N) is 1. The molecule has 0 spiro atoms. The SMILES string of the molecule is COCCN(Cc1cc2ccc(C)cc2[nH]c1=O)C(=O)c1cccs1. The monoisotopic (exact) mass is 356 g/mol. The van der Waals surface area contributed by atoms with Crippen molar-refractivity contribution < 1.29 is 9.53 Å². The van der Waals surface area contributed by atoms with Crippen LogP contribution in [0.15, 0.2) is 46.6 Å². The van der Waals surface area contributed by atoms with E-state index in [1.807, 2.05) is 42.6 Å². The highest BCUT2D eigenvalue weighted by molar-refractivity contribution is 7.12. The lowest BCUT2D eigenvalue weighted by molar-refractivity contribution is 0.0684. The first-order valence-electron chi connectivity index (χ1n) is 8.03. The lowest BCUT2D eigenvalue weighted by Crippen LogP contribution is -2.35. The van der Waals surface area contributed by atoms with Crippen LogP contribution in [0.25, 0.3) is 10.9 Å². The second-order valence-corrected chi connectivity index (χ2v) is 6.86. The molecule has 1 amide bonds. The van der Waals surface area contributed by atoms with Crippen LogP contribution in [0, 0.1) is 6.92 Å². The van der Waals surface area contributed by atoms with Crippen LogP contribution < -0.4 is 5.56 Å². The molecule has 0 aliphatic rings. The second-order valence-electron chi connectivity index (χ2n) is 5.91. The van der Waals surface area contributed by atoms with Crippen molar-refractivity contribution in [3.63, 3.8) is 0 Å². The molecule has 3 rings (SSSR count). The average molecular weight is 356 g/mol. The number of amides is 1. The van der Waals surface area contributed by atoms with Gasteiger partial charge in [-0.2, -0.15) is 0 Å². The minimum absolute atomic E-state index is 0.0875. The molecule has 0 atom stereocenters. The van der Waals surface area contributed by atoms with Crippen molar-refractivity contribution in [2.45, 2.75) is 13.5 Å². The van der Waals surface area contributed by atoms with Crippen LogP contribution in [0.3, 0.4) is 0 Å². The molecular weight excluding hydrogens is 336 g/mol. The number of H-pyrrole nitrogens is 1. The Hall–Kier alpha value is -2.44. The van der Waals surface area contributed by atoms with E-state index in [-0.39, 0.29) is 18.0 Å². The fraction of sp³-hybridized carbons (Fsp3) is 0.263. The molecule has 0 saturated heterocycles. The summed E-state index contributed by atoms with van der Waals surface area (Å²) in [6.07, 6.45) is 0. The Kier molecular flexibility index (Phi) is 5.31. The van der Waals surface area contributed by atoms with E-state index in [0.29, 0.717) is 23.6 Å². The third-order valence-corrected chi connectivity index (χ3v) is 4.88. The largest absolute Gasteiger partial charge is 0.383 e. The standard InChI is InChI=1S/C19H20N2O3S/c1-13-5-6-14-11-15(18(22)20-16(14)10-13)12-21(7-8-24-2)19(23)17-4-3-9-25-17/h3-6,9-11H,7-8,12H2,1-2H3,(H,20,22). The van der Waals surface area contributed by atoms with Crippen LogP contribution in [-0.2, 0) is 11.3 Å². The molecule has 1 aromatic carbocycles. The zero-order valence-electron chi connectivity index (χ0n) is 14.2. The van der Waals surface area contributed by atoms with Crippen molar-refractivity contribution >= 4 is 28.1 Å². The quantitative estimate of drug-likeness (QED) is 0.738. The molecule has 0 saturated carbocycles. The number of nitrogens with one attached hydrogen (secondary N) is 1. The Bertz CT molecular complexity index is 931. The van der Waals surface area contributed by atoms with Gasteiger partial charge < -0.3 is 14.6 Å². The maximum Gasteiger partial charge on any atom is 0.264 e. The summed E-state index contributed by atoms with van der Waals surface area (Å²) in [7, 11) is 1.60. The predicted molar refractivity (Wildman–Crippen MR) is 100 cm³/mol. The topological polar surface area (TPSA) is 62.4 Å². The van der Waals surface area contributed by atoms with E-state index in [1.165, 1.54) is 11.3 Å². The van der Waals surface area contributed by atoms with Crippen LogP contribution in [0.5, 0.6) is 0 Å². The van der Waals surface area contributed by atoms with Gasteiger partial charge in [0.25, 0.3) is 11.5 Å². The summed E-state index contributed by atoms with van der Waals surface area (Å²) in [5.41, 5.74) is 2.30. The van der Waals surface area contributed by atoms with Crippen molar-refractivity contribution in [2.75, 3.05) is 20.3 Å². The Labute approximate surface area is 149 Å². The molecule has 1 N–H and O–H groups in total. The van der Waals surface area contributed by atoms with Gasteiger partial charge in [-0.3, -0.25) is 9.59 Å². The molecule has 130 valence electrons. The molecule has 3 aromatic rings. The highest BCUT2D eigenvalue weighted by atomic mass is 32.1. The highest BCUT2D eigenvalue weighted by Crippen LogP contribution is 2.16. The molecule has 25 heavy (non-hydrogen) atoms. The van der Waals surface area contributed by atoms with E-state index >= 15 is 0 Å². The fourth-order valence-electron chi connectivity index (χ4n) is 2.69. The van der Waals surface area contributed by atoms with Crippen LogP contribution in [-0.4, -0.2) is 36.1 Å². The number of aryl methyl sites for hydroxylation is 1. The van der Waals surface area contributed by atoms with Crippen LogP contribution in [0.4, 0.5) is 0 Å². The van der Waals surface area contributed by atoms with Crippen molar-refractivity contribution in [3.05, 3.63) is 68.1 Å². The number of aromatic amines is 1. The van der Waals surface area contributed by atoms with E-state index in [0.717, 1.165) is 16.5 Å². The second kappa shape index (κ2) is 7.63. The molecule has 0 bridgehead atoms. The molecule has 0 fully saturated rings. The predicted octanol–water partition coefficient (Wildman–Crippen LogP) is 3.19. The highest BCUT2D eigenvalue weighted by Gasteiger charge is 2.18. The van der Waals surface area contributed by atoms with Crippen LogP contribution >= 0.6 is 11.3 Å². The van der Waals surface area contributed by atoms with Gasteiger partial charge in [0.05, 0.1) is 18.0 Å². The number of benzene rings is 1. The third kappa shape index (κ3) is 3.97. The maximum atomic E-state index is 12.7. The molecule has 6 heteroatoms. The third-order valence-electron chi connectivity index (χ3n) is 4.02. The fourth-order valence-corrected chi connectivity index (χ4v) is 3.38. The molecular formula is C19H20N2O3S. The number of thiophene rings is 1. The van der Waals surface area contributed by atoms with E-state index in [2.05, 4.69) is 4.98 Å². The summed E-state index contributed by atoms with van der Waals surface area (Å²) in [6.45, 7) is 3.08. The van der Waals surface area contributed by atoms with Gasteiger partial charge in [-0.05, 0) is 41.5 Å². The molecule has 5 nitrogen and oxygen atoms in total. The number of carbonyl (C=O) groups excluding carboxylic acids is 1. The minimum Gasteiger partial charge on any atom is -0.383 e. The zero-order valence-corrected chi connectivity index (χ0v) is 15.1. The van der Waals surface area contributed by atoms with Gasteiger partial charge >= 0.3 is 0 Å². The first-order valence-corrected chi connectivity index (χ1v) is 8.90. The van der Waals surface area contributed by atoms with E-state index in [4.69, 9.17) is 4.74 Å². The number of hydrogen-bond donors (Lipinski definition) is 1. The summed E-state index contributed by atoms with van der Waals surface area (Å²) < 4.78 is 5.11. The van der Waals surface area contributed by atoms with Crippen LogP contribution in [0.1, 0.15) is 20.8 Å². The molecule has 2 aromatic heterocycles. The molecule has 0 radical (unpaired) electrons. The lowest BCUT2D eigenvalue weighted by atomic mass is 10.1. The first-order chi connectivity index (χ1) is 12.1. The van der Waals surface area contributed by atoms with Gasteiger partial charge in [0, 0.05) is 24.7 Å². The number of fused-ring (bicyclic) bond motifs is 1. The number of hydrogen-bond acceptors (Lipinski definition) is 4. The summed E-state index contributed by atoms with van der Waals surface area (Å²) in [4.78, 5) is 30.4. The Morgan fingerprint density at radius 3 is 2.84 bits per heavy atom. The average Bonchev–Trinajstić information content (AvgIpc) is 3.13. The Morgan fingerprint density at radius 1 is 1.28 bits per heavy atom. The number of ether oxygens (including phenoxy) is 1. The number of pyridine rings is 1. The summed E-state index contributed by atoms with van der Waals surface area (Å²) in [5, 5.41) is 2.82. The summed E-state index contributed by atoms with van der Waals surface area (Å²) in [5.74, 6) is -0.0875. The van der Waals surface area contributed by atoms with Gasteiger partial charge in [0.2, 0.25) is 0 Å². The minimum atomic E-state index is -0.167. The maximum absolute atomic E-state index is 12.7. The number of carbonyl (C=O) groups is 1. The van der Waals surface area contributed by atoms with Gasteiger partial charge in [-0.25, -0.2) is 0 Å². The smallest absolute Gasteiger partial charge is 0.264 e. The van der Waals surface area contributed by atoms with Gasteiger partial charge in [0.1, 0.15) is 0 Å². The molecule has 0 aliphatic carbocycles. The number of rotatable bonds is 6. The van der Waals surface area contributed by atoms with Crippen molar-refractivity contribution in [1.29, 1.82) is 0 Å². The molecule has 0 unspecified atom stereocenters. The normalized spacial score (nSPS) is 11.0. The van der Waals surface area contributed by atoms with Gasteiger partial charge in [-0.1, -0.05) is 18.2 Å². The Balaban J connectivity index is 1.92. The summed E-state index contributed by atoms with van der Waals surface area (Å²) >= 11 is 1.39. The van der Waals surface area contributed by atoms with Crippen molar-refractivity contribution in [1.82, 2.24) is 9.88 Å². The number of aromatic nitrogens is 1. The summed E-state index contributed by atoms with van der Waals surface area (Å²) in [6, 6.07) is 11.4.